The molecule has 0 aromatic heterocycles. The van der Waals surface area contributed by atoms with Gasteiger partial charge in [-0.25, -0.2) is 0 Å². The summed E-state index contributed by atoms with van der Waals surface area (Å²) in [6, 6.07) is 14.3. The van der Waals surface area contributed by atoms with Gasteiger partial charge in [0.15, 0.2) is 18.1 Å². The van der Waals surface area contributed by atoms with E-state index in [0.29, 0.717) is 22.2 Å². The van der Waals surface area contributed by atoms with Crippen molar-refractivity contribution in [2.45, 2.75) is 19.3 Å². The molecule has 0 unspecified atom stereocenters. The molecule has 2 aliphatic heterocycles. The first-order chi connectivity index (χ1) is 17.0. The highest BCUT2D eigenvalue weighted by molar-refractivity contribution is 8.18. The third-order valence-electron chi connectivity index (χ3n) is 5.76. The number of nitrogens with zero attached hydrogens (tertiary/aromatic N) is 2. The average Bonchev–Trinajstić information content (AvgIpc) is 3.16. The summed E-state index contributed by atoms with van der Waals surface area (Å²) in [6.07, 6.45) is 4.93. The predicted octanol–water partition coefficient (Wildman–Crippen LogP) is 4.20. The van der Waals surface area contributed by atoms with E-state index < -0.39 is 0 Å². The minimum Gasteiger partial charge on any atom is -0.493 e. The Hall–Kier alpha value is -3.46. The molecule has 0 atom stereocenters. The van der Waals surface area contributed by atoms with Crippen molar-refractivity contribution in [1.82, 2.24) is 9.80 Å². The summed E-state index contributed by atoms with van der Waals surface area (Å²) in [5.41, 5.74) is 0.760. The van der Waals surface area contributed by atoms with Gasteiger partial charge in [-0.3, -0.25) is 19.3 Å². The summed E-state index contributed by atoms with van der Waals surface area (Å²) in [6.45, 7) is 1.90. The van der Waals surface area contributed by atoms with Crippen LogP contribution in [0.15, 0.2) is 53.4 Å². The Labute approximate surface area is 208 Å². The zero-order chi connectivity index (χ0) is 24.6. The Balaban J connectivity index is 1.29. The Bertz CT molecular complexity index is 1100. The van der Waals surface area contributed by atoms with Gasteiger partial charge in [0, 0.05) is 13.1 Å². The molecule has 184 valence electrons. The minimum absolute atomic E-state index is 0.00265. The van der Waals surface area contributed by atoms with E-state index in [0.717, 1.165) is 43.3 Å². The second-order valence-electron chi connectivity index (χ2n) is 8.13. The number of para-hydroxylation sites is 2. The number of benzene rings is 2. The van der Waals surface area contributed by atoms with Crippen LogP contribution in [0.3, 0.4) is 0 Å². The number of imide groups is 1. The van der Waals surface area contributed by atoms with Gasteiger partial charge >= 0.3 is 0 Å². The largest absolute Gasteiger partial charge is 0.493 e. The number of hydrogen-bond acceptors (Lipinski definition) is 7. The average molecular weight is 497 g/mol. The molecule has 8 nitrogen and oxygen atoms in total. The van der Waals surface area contributed by atoms with Crippen molar-refractivity contribution in [3.05, 3.63) is 59.0 Å². The molecular weight excluding hydrogens is 468 g/mol. The lowest BCUT2D eigenvalue weighted by Crippen LogP contribution is -2.38. The van der Waals surface area contributed by atoms with Crippen LogP contribution in [0.4, 0.5) is 4.79 Å². The van der Waals surface area contributed by atoms with Gasteiger partial charge in [0.25, 0.3) is 17.1 Å². The molecular formula is C26H28N2O6S. The highest BCUT2D eigenvalue weighted by Crippen LogP contribution is 2.32. The molecule has 0 N–H and O–H groups in total. The maximum Gasteiger partial charge on any atom is 0.293 e. The van der Waals surface area contributed by atoms with E-state index in [-0.39, 0.29) is 36.8 Å². The van der Waals surface area contributed by atoms with Crippen molar-refractivity contribution in [2.75, 3.05) is 40.0 Å². The number of carbonyl (C=O) groups excluding carboxylic acids is 3. The first-order valence-corrected chi connectivity index (χ1v) is 12.4. The van der Waals surface area contributed by atoms with Crippen molar-refractivity contribution >= 4 is 34.9 Å². The molecule has 0 radical (unpaired) electrons. The van der Waals surface area contributed by atoms with Crippen LogP contribution in [-0.2, 0) is 9.59 Å². The van der Waals surface area contributed by atoms with Crippen molar-refractivity contribution in [3.8, 4) is 17.2 Å². The van der Waals surface area contributed by atoms with Gasteiger partial charge in [0.05, 0.1) is 18.6 Å². The van der Waals surface area contributed by atoms with Gasteiger partial charge < -0.3 is 19.1 Å². The van der Waals surface area contributed by atoms with Gasteiger partial charge in [-0.05, 0) is 66.9 Å². The summed E-state index contributed by atoms with van der Waals surface area (Å²) in [7, 11) is 1.55. The Morgan fingerprint density at radius 1 is 0.971 bits per heavy atom. The molecule has 0 aliphatic carbocycles. The zero-order valence-corrected chi connectivity index (χ0v) is 20.4. The first kappa shape index (κ1) is 24.7. The van der Waals surface area contributed by atoms with Crippen LogP contribution >= 0.6 is 11.8 Å². The maximum atomic E-state index is 12.7. The summed E-state index contributed by atoms with van der Waals surface area (Å²) >= 11 is 0.902. The Morgan fingerprint density at radius 2 is 1.69 bits per heavy atom. The highest BCUT2D eigenvalue weighted by Gasteiger charge is 2.34. The summed E-state index contributed by atoms with van der Waals surface area (Å²) in [5.74, 6) is 1.37. The van der Waals surface area contributed by atoms with Crippen LogP contribution < -0.4 is 14.2 Å². The molecule has 4 rings (SSSR count). The van der Waals surface area contributed by atoms with E-state index in [9.17, 15) is 14.4 Å². The highest BCUT2D eigenvalue weighted by atomic mass is 32.2. The van der Waals surface area contributed by atoms with Crippen LogP contribution in [0, 0.1) is 0 Å². The standard InChI is InChI=1S/C26H28N2O6S/c1-32-21-7-3-4-8-22(21)33-16-15-28-25(30)23(35-26(28)31)17-19-9-11-20(12-10-19)34-18-24(29)27-13-5-2-6-14-27/h3-4,7-12,17H,2,5-6,13-16,18H2,1H3/b23-17-. The molecule has 2 aliphatic rings. The third kappa shape index (κ3) is 6.36. The first-order valence-electron chi connectivity index (χ1n) is 11.6. The number of hydrogen-bond donors (Lipinski definition) is 0. The molecule has 0 bridgehead atoms. The van der Waals surface area contributed by atoms with Crippen molar-refractivity contribution in [1.29, 1.82) is 0 Å². The van der Waals surface area contributed by atoms with Gasteiger partial charge in [-0.15, -0.1) is 0 Å². The molecule has 2 aromatic rings. The lowest BCUT2D eigenvalue weighted by atomic mass is 10.1. The van der Waals surface area contributed by atoms with E-state index in [1.54, 1.807) is 49.6 Å². The lowest BCUT2D eigenvalue weighted by molar-refractivity contribution is -0.134. The monoisotopic (exact) mass is 496 g/mol. The quantitative estimate of drug-likeness (QED) is 0.481. The topological polar surface area (TPSA) is 85.4 Å². The normalized spacial score (nSPS) is 17.1. The van der Waals surface area contributed by atoms with Crippen molar-refractivity contribution < 1.29 is 28.6 Å². The Kier molecular flexibility index (Phi) is 8.31. The SMILES string of the molecule is COc1ccccc1OCCN1C(=O)S/C(=C\c2ccc(OCC(=O)N3CCCCC3)cc2)C1=O. The van der Waals surface area contributed by atoms with E-state index >= 15 is 0 Å². The summed E-state index contributed by atoms with van der Waals surface area (Å²) in [4.78, 5) is 40.7. The fourth-order valence-corrected chi connectivity index (χ4v) is 4.73. The zero-order valence-electron chi connectivity index (χ0n) is 19.6. The second-order valence-corrected chi connectivity index (χ2v) is 9.13. The number of methoxy groups -OCH3 is 1. The molecule has 0 saturated carbocycles. The number of piperidine rings is 1. The second kappa shape index (κ2) is 11.8. The number of likely N-dealkylation sites (tertiary alicyclic amines) is 1. The fraction of sp³-hybridized carbons (Fsp3) is 0.346. The molecule has 2 fully saturated rings. The summed E-state index contributed by atoms with van der Waals surface area (Å²) < 4.78 is 16.6. The summed E-state index contributed by atoms with van der Waals surface area (Å²) in [5, 5.41) is -0.332. The number of carbonyl (C=O) groups is 3. The number of amides is 3. The van der Waals surface area contributed by atoms with Crippen molar-refractivity contribution in [3.63, 3.8) is 0 Å². The third-order valence-corrected chi connectivity index (χ3v) is 6.67. The fourth-order valence-electron chi connectivity index (χ4n) is 3.87. The van der Waals surface area contributed by atoms with Crippen LogP contribution in [0.5, 0.6) is 17.2 Å². The maximum absolute atomic E-state index is 12.7. The minimum atomic E-state index is -0.351. The van der Waals surface area contributed by atoms with Crippen molar-refractivity contribution in [2.24, 2.45) is 0 Å². The molecule has 9 heteroatoms. The van der Waals surface area contributed by atoms with Gasteiger partial charge in [-0.2, -0.15) is 0 Å². The van der Waals surface area contributed by atoms with E-state index in [4.69, 9.17) is 14.2 Å². The van der Waals surface area contributed by atoms with Crippen LogP contribution in [0.25, 0.3) is 6.08 Å². The van der Waals surface area contributed by atoms with Crippen LogP contribution in [-0.4, -0.2) is 66.8 Å². The van der Waals surface area contributed by atoms with E-state index in [1.807, 2.05) is 17.0 Å². The molecule has 2 saturated heterocycles. The van der Waals surface area contributed by atoms with Crippen LogP contribution in [0.2, 0.25) is 0 Å². The van der Waals surface area contributed by atoms with Crippen LogP contribution in [0.1, 0.15) is 24.8 Å². The molecule has 2 aromatic carbocycles. The van der Waals surface area contributed by atoms with Gasteiger partial charge in [0.2, 0.25) is 0 Å². The predicted molar refractivity (Wildman–Crippen MR) is 134 cm³/mol. The van der Waals surface area contributed by atoms with Gasteiger partial charge in [-0.1, -0.05) is 24.3 Å². The number of rotatable bonds is 9. The van der Waals surface area contributed by atoms with E-state index in [2.05, 4.69) is 0 Å². The molecule has 2 heterocycles. The Morgan fingerprint density at radius 3 is 2.40 bits per heavy atom. The number of thioether (sulfide) groups is 1. The molecule has 0 spiro atoms. The van der Waals surface area contributed by atoms with Gasteiger partial charge in [0.1, 0.15) is 12.4 Å². The number of ether oxygens (including phenoxy) is 3. The lowest BCUT2D eigenvalue weighted by Gasteiger charge is -2.26. The van der Waals surface area contributed by atoms with E-state index in [1.165, 1.54) is 11.3 Å². The molecule has 35 heavy (non-hydrogen) atoms. The smallest absolute Gasteiger partial charge is 0.293 e. The molecule has 3 amide bonds.